The lowest BCUT2D eigenvalue weighted by Gasteiger charge is -2.25. The van der Waals surface area contributed by atoms with E-state index in [1.54, 1.807) is 0 Å². The Morgan fingerprint density at radius 3 is 2.22 bits per heavy atom. The Morgan fingerprint density at radius 2 is 1.83 bits per heavy atom. The minimum absolute atomic E-state index is 0.169. The van der Waals surface area contributed by atoms with Gasteiger partial charge in [-0.2, -0.15) is 0 Å². The van der Waals surface area contributed by atoms with Crippen LogP contribution < -0.4 is 0 Å². The highest BCUT2D eigenvalue weighted by Crippen LogP contribution is 2.54. The average Bonchev–Trinajstić information content (AvgIpc) is 2.96. The summed E-state index contributed by atoms with van der Waals surface area (Å²) in [5.41, 5.74) is 1.25. The van der Waals surface area contributed by atoms with Crippen molar-refractivity contribution in [2.24, 2.45) is 0 Å². The van der Waals surface area contributed by atoms with Gasteiger partial charge in [0.25, 0.3) is 0 Å². The fraction of sp³-hybridized carbons (Fsp3) is 0.533. The maximum atomic E-state index is 11.4. The Labute approximate surface area is 107 Å². The number of rotatable bonds is 2. The van der Waals surface area contributed by atoms with Crippen LogP contribution in [0.2, 0.25) is 0 Å². The second kappa shape index (κ2) is 3.74. The second-order valence-electron chi connectivity index (χ2n) is 6.29. The van der Waals surface area contributed by atoms with Gasteiger partial charge in [-0.1, -0.05) is 32.9 Å². The summed E-state index contributed by atoms with van der Waals surface area (Å²) >= 11 is 0. The third kappa shape index (κ3) is 1.78. The number of carboxylic acids is 1. The molecule has 2 rings (SSSR count). The number of aryl methyl sites for hydroxylation is 1. The van der Waals surface area contributed by atoms with Crippen LogP contribution in [0.25, 0.3) is 0 Å². The minimum Gasteiger partial charge on any atom is -0.507 e. The molecule has 3 nitrogen and oxygen atoms in total. The summed E-state index contributed by atoms with van der Waals surface area (Å²) in [4.78, 5) is 11.4. The number of phenols is 1. The maximum absolute atomic E-state index is 11.4. The smallest absolute Gasteiger partial charge is 0.314 e. The number of aliphatic carboxylic acids is 1. The van der Waals surface area contributed by atoms with E-state index in [9.17, 15) is 15.0 Å². The Balaban J connectivity index is 2.65. The first-order valence-corrected chi connectivity index (χ1v) is 6.27. The third-order valence-electron chi connectivity index (χ3n) is 3.83. The van der Waals surface area contributed by atoms with Gasteiger partial charge < -0.3 is 10.2 Å². The number of carbonyl (C=O) groups is 1. The van der Waals surface area contributed by atoms with Gasteiger partial charge in [-0.3, -0.25) is 4.79 Å². The monoisotopic (exact) mass is 248 g/mol. The molecule has 0 atom stereocenters. The number of benzene rings is 1. The summed E-state index contributed by atoms with van der Waals surface area (Å²) in [5.74, 6) is -0.658. The highest BCUT2D eigenvalue weighted by molar-refractivity contribution is 5.87. The first kappa shape index (κ1) is 12.9. The molecule has 1 aromatic carbocycles. The van der Waals surface area contributed by atoms with Crippen molar-refractivity contribution in [3.63, 3.8) is 0 Å². The SMILES string of the molecule is Cc1ccc(C(C)(C)C)c(O)c1C1(C(=O)O)CC1. The van der Waals surface area contributed by atoms with E-state index in [4.69, 9.17) is 0 Å². The molecule has 1 fully saturated rings. The van der Waals surface area contributed by atoms with Crippen LogP contribution in [0.3, 0.4) is 0 Å². The molecule has 98 valence electrons. The standard InChI is InChI=1S/C15H20O3/c1-9-5-6-10(14(2,3)4)12(16)11(9)15(7-8-15)13(17)18/h5-6,16H,7-8H2,1-4H3,(H,17,18). The third-order valence-corrected chi connectivity index (χ3v) is 3.83. The molecule has 1 aromatic rings. The van der Waals surface area contributed by atoms with Crippen molar-refractivity contribution >= 4 is 5.97 Å². The van der Waals surface area contributed by atoms with Gasteiger partial charge in [-0.15, -0.1) is 0 Å². The van der Waals surface area contributed by atoms with Gasteiger partial charge in [0.15, 0.2) is 0 Å². The van der Waals surface area contributed by atoms with Gasteiger partial charge in [0.05, 0.1) is 5.41 Å². The highest BCUT2D eigenvalue weighted by Gasteiger charge is 2.54. The first-order valence-electron chi connectivity index (χ1n) is 6.27. The van der Waals surface area contributed by atoms with E-state index < -0.39 is 11.4 Å². The van der Waals surface area contributed by atoms with E-state index >= 15 is 0 Å². The molecule has 1 aliphatic carbocycles. The van der Waals surface area contributed by atoms with Crippen LogP contribution in [0.4, 0.5) is 0 Å². The zero-order valence-corrected chi connectivity index (χ0v) is 11.4. The lowest BCUT2D eigenvalue weighted by atomic mass is 9.81. The summed E-state index contributed by atoms with van der Waals surface area (Å²) in [7, 11) is 0. The minimum atomic E-state index is -0.852. The largest absolute Gasteiger partial charge is 0.507 e. The number of carboxylic acid groups (broad SMARTS) is 1. The summed E-state index contributed by atoms with van der Waals surface area (Å²) in [6.45, 7) is 7.91. The van der Waals surface area contributed by atoms with E-state index in [1.165, 1.54) is 0 Å². The topological polar surface area (TPSA) is 57.5 Å². The molecule has 1 aliphatic rings. The lowest BCUT2D eigenvalue weighted by molar-refractivity contribution is -0.140. The molecule has 0 aromatic heterocycles. The molecule has 1 saturated carbocycles. The Bertz CT molecular complexity index is 505. The van der Waals surface area contributed by atoms with Crippen LogP contribution in [0.15, 0.2) is 12.1 Å². The number of aromatic hydroxyl groups is 1. The lowest BCUT2D eigenvalue weighted by Crippen LogP contribution is -2.22. The molecule has 0 amide bonds. The second-order valence-corrected chi connectivity index (χ2v) is 6.29. The van der Waals surface area contributed by atoms with Crippen LogP contribution >= 0.6 is 0 Å². The molecule has 0 bridgehead atoms. The fourth-order valence-electron chi connectivity index (χ4n) is 2.60. The number of hydrogen-bond donors (Lipinski definition) is 2. The Morgan fingerprint density at radius 1 is 1.28 bits per heavy atom. The zero-order valence-electron chi connectivity index (χ0n) is 11.4. The van der Waals surface area contributed by atoms with Crippen molar-refractivity contribution in [1.82, 2.24) is 0 Å². The molecule has 0 unspecified atom stereocenters. The van der Waals surface area contributed by atoms with Gasteiger partial charge >= 0.3 is 5.97 Å². The van der Waals surface area contributed by atoms with Crippen molar-refractivity contribution in [1.29, 1.82) is 0 Å². The van der Waals surface area contributed by atoms with E-state index in [-0.39, 0.29) is 11.2 Å². The molecule has 0 radical (unpaired) electrons. The molecule has 2 N–H and O–H groups in total. The number of phenolic OH excluding ortho intramolecular Hbond substituents is 1. The number of hydrogen-bond acceptors (Lipinski definition) is 2. The Kier molecular flexibility index (Phi) is 2.69. The zero-order chi connectivity index (χ0) is 13.7. The van der Waals surface area contributed by atoms with E-state index in [2.05, 4.69) is 0 Å². The molecular weight excluding hydrogens is 228 g/mol. The van der Waals surface area contributed by atoms with Crippen molar-refractivity contribution < 1.29 is 15.0 Å². The molecule has 18 heavy (non-hydrogen) atoms. The van der Waals surface area contributed by atoms with E-state index in [1.807, 2.05) is 39.8 Å². The molecule has 0 aliphatic heterocycles. The summed E-state index contributed by atoms with van der Waals surface area (Å²) in [6, 6.07) is 3.81. The van der Waals surface area contributed by atoms with Crippen LogP contribution in [0.1, 0.15) is 50.3 Å². The normalized spacial score (nSPS) is 17.6. The maximum Gasteiger partial charge on any atom is 0.314 e. The first-order chi connectivity index (χ1) is 8.20. The van der Waals surface area contributed by atoms with Crippen molar-refractivity contribution in [2.45, 2.75) is 51.4 Å². The molecule has 3 heteroatoms. The summed E-state index contributed by atoms with van der Waals surface area (Å²) in [5, 5.41) is 19.9. The molecular formula is C15H20O3. The van der Waals surface area contributed by atoms with Crippen LogP contribution in [-0.4, -0.2) is 16.2 Å². The predicted octanol–water partition coefficient (Wildman–Crippen LogP) is 3.11. The fourth-order valence-corrected chi connectivity index (χ4v) is 2.60. The van der Waals surface area contributed by atoms with E-state index in [0.717, 1.165) is 11.1 Å². The molecule has 0 heterocycles. The van der Waals surface area contributed by atoms with Gasteiger partial charge in [-0.05, 0) is 36.3 Å². The van der Waals surface area contributed by atoms with Crippen LogP contribution in [-0.2, 0) is 15.6 Å². The Hall–Kier alpha value is -1.51. The predicted molar refractivity (Wildman–Crippen MR) is 70.1 cm³/mol. The molecule has 0 saturated heterocycles. The summed E-state index contributed by atoms with van der Waals surface area (Å²) < 4.78 is 0. The van der Waals surface area contributed by atoms with Crippen molar-refractivity contribution in [2.75, 3.05) is 0 Å². The van der Waals surface area contributed by atoms with Gasteiger partial charge in [0.2, 0.25) is 0 Å². The van der Waals surface area contributed by atoms with Crippen molar-refractivity contribution in [3.05, 3.63) is 28.8 Å². The average molecular weight is 248 g/mol. The van der Waals surface area contributed by atoms with Gasteiger partial charge in [0.1, 0.15) is 5.75 Å². The summed E-state index contributed by atoms with van der Waals surface area (Å²) in [6.07, 6.45) is 1.23. The van der Waals surface area contributed by atoms with Gasteiger partial charge in [0, 0.05) is 5.56 Å². The van der Waals surface area contributed by atoms with E-state index in [0.29, 0.717) is 18.4 Å². The quantitative estimate of drug-likeness (QED) is 0.845. The van der Waals surface area contributed by atoms with Crippen LogP contribution in [0.5, 0.6) is 5.75 Å². The highest BCUT2D eigenvalue weighted by atomic mass is 16.4. The van der Waals surface area contributed by atoms with Crippen LogP contribution in [0, 0.1) is 6.92 Å². The van der Waals surface area contributed by atoms with Gasteiger partial charge in [-0.25, -0.2) is 0 Å². The molecule has 0 spiro atoms. The van der Waals surface area contributed by atoms with Crippen molar-refractivity contribution in [3.8, 4) is 5.75 Å².